The molecule has 0 radical (unpaired) electrons. The highest BCUT2D eigenvalue weighted by Gasteiger charge is 2.26. The molecule has 1 aromatic heterocycles. The molecule has 1 amide bonds. The maximum atomic E-state index is 14.9. The monoisotopic (exact) mass is 470 g/mol. The molecule has 1 saturated carbocycles. The summed E-state index contributed by atoms with van der Waals surface area (Å²) in [6, 6.07) is 8.96. The van der Waals surface area contributed by atoms with Crippen LogP contribution in [0.5, 0.6) is 0 Å². The summed E-state index contributed by atoms with van der Waals surface area (Å²) >= 11 is 0. The number of anilines is 1. The van der Waals surface area contributed by atoms with Gasteiger partial charge in [0.1, 0.15) is 17.3 Å². The summed E-state index contributed by atoms with van der Waals surface area (Å²) in [6.07, 6.45) is 4.75. The molecule has 1 heterocycles. The Bertz CT molecular complexity index is 1330. The van der Waals surface area contributed by atoms with E-state index in [1.165, 1.54) is 36.4 Å². The quantitative estimate of drug-likeness (QED) is 0.483. The zero-order valence-corrected chi connectivity index (χ0v) is 18.6. The summed E-state index contributed by atoms with van der Waals surface area (Å²) in [5, 5.41) is 12.3. The van der Waals surface area contributed by atoms with Crippen LogP contribution in [0.4, 0.5) is 10.2 Å². The Morgan fingerprint density at radius 2 is 2.03 bits per heavy atom. The highest BCUT2D eigenvalue weighted by Crippen LogP contribution is 2.40. The number of carbonyl (C=O) groups excluding carboxylic acids is 1. The molecule has 1 fully saturated rings. The molecule has 1 aliphatic rings. The van der Waals surface area contributed by atoms with Crippen LogP contribution in [0.25, 0.3) is 11.3 Å². The second-order valence-corrected chi connectivity index (χ2v) is 10.1. The molecule has 0 saturated heterocycles. The average molecular weight is 471 g/mol. The first-order chi connectivity index (χ1) is 15.7. The number of nitrogens with zero attached hydrogens (tertiary/aromatic N) is 2. The SMILES string of the molecule is CS(=O)(=O)c1cccc([C@@H](CO)NC(=O)c2ccc(-c3nc(C4CC4)cnc3N)cc2F)c1. The van der Waals surface area contributed by atoms with E-state index in [1.807, 2.05) is 0 Å². The minimum Gasteiger partial charge on any atom is -0.394 e. The topological polar surface area (TPSA) is 135 Å². The van der Waals surface area contributed by atoms with Crippen LogP contribution in [0.1, 0.15) is 46.4 Å². The maximum absolute atomic E-state index is 14.9. The average Bonchev–Trinajstić information content (AvgIpc) is 3.62. The molecular formula is C23H23FN4O4S. The number of sulfone groups is 1. The lowest BCUT2D eigenvalue weighted by atomic mass is 10.0. The number of aliphatic hydroxyl groups excluding tert-OH is 1. The fourth-order valence-electron chi connectivity index (χ4n) is 3.48. The molecule has 8 nitrogen and oxygen atoms in total. The number of halogens is 1. The van der Waals surface area contributed by atoms with Gasteiger partial charge in [-0.3, -0.25) is 4.79 Å². The van der Waals surface area contributed by atoms with Crippen LogP contribution < -0.4 is 11.1 Å². The van der Waals surface area contributed by atoms with E-state index in [9.17, 15) is 22.7 Å². The summed E-state index contributed by atoms with van der Waals surface area (Å²) in [5.74, 6) is -1.02. The van der Waals surface area contributed by atoms with Crippen molar-refractivity contribution in [1.82, 2.24) is 15.3 Å². The van der Waals surface area contributed by atoms with Gasteiger partial charge in [0, 0.05) is 17.7 Å². The first-order valence-electron chi connectivity index (χ1n) is 10.3. The Morgan fingerprint density at radius 1 is 1.27 bits per heavy atom. The second kappa shape index (κ2) is 8.87. The molecule has 33 heavy (non-hydrogen) atoms. The van der Waals surface area contributed by atoms with E-state index in [1.54, 1.807) is 12.3 Å². The van der Waals surface area contributed by atoms with Crippen molar-refractivity contribution in [2.24, 2.45) is 0 Å². The number of hydrogen-bond acceptors (Lipinski definition) is 7. The Morgan fingerprint density at radius 3 is 2.67 bits per heavy atom. The zero-order chi connectivity index (χ0) is 23.8. The second-order valence-electron chi connectivity index (χ2n) is 8.05. The molecule has 3 aromatic rings. The van der Waals surface area contributed by atoms with Crippen molar-refractivity contribution >= 4 is 21.6 Å². The molecule has 2 aromatic carbocycles. The van der Waals surface area contributed by atoms with E-state index in [4.69, 9.17) is 5.73 Å². The highest BCUT2D eigenvalue weighted by molar-refractivity contribution is 7.90. The number of amides is 1. The summed E-state index contributed by atoms with van der Waals surface area (Å²) in [7, 11) is -3.47. The largest absolute Gasteiger partial charge is 0.394 e. The van der Waals surface area contributed by atoms with Crippen molar-refractivity contribution in [3.63, 3.8) is 0 Å². The molecule has 0 aliphatic heterocycles. The van der Waals surface area contributed by atoms with Crippen LogP contribution in [-0.4, -0.2) is 42.3 Å². The van der Waals surface area contributed by atoms with Crippen molar-refractivity contribution in [3.05, 3.63) is 71.3 Å². The number of rotatable bonds is 7. The van der Waals surface area contributed by atoms with Crippen LogP contribution in [0.15, 0.2) is 53.6 Å². The van der Waals surface area contributed by atoms with E-state index in [0.717, 1.165) is 24.8 Å². The van der Waals surface area contributed by atoms with Crippen molar-refractivity contribution < 1.29 is 22.7 Å². The first-order valence-corrected chi connectivity index (χ1v) is 12.2. The number of nitrogens with two attached hydrogens (primary N) is 1. The normalized spacial score (nSPS) is 14.6. The van der Waals surface area contributed by atoms with E-state index in [-0.39, 0.29) is 16.3 Å². The number of hydrogen-bond donors (Lipinski definition) is 3. The van der Waals surface area contributed by atoms with Gasteiger partial charge in [-0.1, -0.05) is 18.2 Å². The van der Waals surface area contributed by atoms with E-state index < -0.39 is 34.2 Å². The fraction of sp³-hybridized carbons (Fsp3) is 0.261. The van der Waals surface area contributed by atoms with E-state index >= 15 is 0 Å². The van der Waals surface area contributed by atoms with Crippen LogP contribution in [0.2, 0.25) is 0 Å². The van der Waals surface area contributed by atoms with Crippen LogP contribution in [0.3, 0.4) is 0 Å². The van der Waals surface area contributed by atoms with E-state index in [0.29, 0.717) is 22.7 Å². The number of nitrogens with one attached hydrogen (secondary N) is 1. The lowest BCUT2D eigenvalue weighted by Gasteiger charge is -2.18. The van der Waals surface area contributed by atoms with Crippen molar-refractivity contribution in [1.29, 1.82) is 0 Å². The summed E-state index contributed by atoms with van der Waals surface area (Å²) in [4.78, 5) is 21.4. The van der Waals surface area contributed by atoms with Gasteiger partial charge in [0.05, 0.1) is 35.0 Å². The van der Waals surface area contributed by atoms with E-state index in [2.05, 4.69) is 15.3 Å². The number of carbonyl (C=O) groups is 1. The maximum Gasteiger partial charge on any atom is 0.254 e. The Kier molecular flexibility index (Phi) is 6.13. The first kappa shape index (κ1) is 22.8. The number of benzene rings is 2. The van der Waals surface area contributed by atoms with Crippen molar-refractivity contribution in [2.45, 2.75) is 29.7 Å². The van der Waals surface area contributed by atoms with Gasteiger partial charge >= 0.3 is 0 Å². The predicted octanol–water partition coefficient (Wildman–Crippen LogP) is 2.61. The fourth-order valence-corrected chi connectivity index (χ4v) is 4.16. The van der Waals surface area contributed by atoms with Crippen molar-refractivity contribution in [3.8, 4) is 11.3 Å². The van der Waals surface area contributed by atoms with Gasteiger partial charge < -0.3 is 16.2 Å². The number of aromatic nitrogens is 2. The predicted molar refractivity (Wildman–Crippen MR) is 121 cm³/mol. The van der Waals surface area contributed by atoms with Crippen LogP contribution >= 0.6 is 0 Å². The molecule has 4 rings (SSSR count). The lowest BCUT2D eigenvalue weighted by molar-refractivity contribution is 0.0912. The third-order valence-corrected chi connectivity index (χ3v) is 6.59. The minimum absolute atomic E-state index is 0.0513. The molecule has 0 unspecified atom stereocenters. The summed E-state index contributed by atoms with van der Waals surface area (Å²) < 4.78 is 38.5. The van der Waals surface area contributed by atoms with Gasteiger partial charge in [-0.15, -0.1) is 0 Å². The molecule has 0 bridgehead atoms. The summed E-state index contributed by atoms with van der Waals surface area (Å²) in [5.41, 5.74) is 7.65. The Balaban J connectivity index is 1.57. The minimum atomic E-state index is -3.47. The van der Waals surface area contributed by atoms with Crippen LogP contribution in [0, 0.1) is 5.82 Å². The third kappa shape index (κ3) is 5.01. The summed E-state index contributed by atoms with van der Waals surface area (Å²) in [6.45, 7) is -0.501. The lowest BCUT2D eigenvalue weighted by Crippen LogP contribution is -2.31. The van der Waals surface area contributed by atoms with Gasteiger partial charge in [0.25, 0.3) is 5.91 Å². The van der Waals surface area contributed by atoms with Crippen LogP contribution in [-0.2, 0) is 9.84 Å². The molecule has 10 heteroatoms. The third-order valence-electron chi connectivity index (χ3n) is 5.48. The molecule has 1 aliphatic carbocycles. The van der Waals surface area contributed by atoms with Gasteiger partial charge in [0.2, 0.25) is 0 Å². The Labute approximate surface area is 190 Å². The molecule has 0 spiro atoms. The van der Waals surface area contributed by atoms with Gasteiger partial charge in [-0.2, -0.15) is 0 Å². The highest BCUT2D eigenvalue weighted by atomic mass is 32.2. The molecule has 172 valence electrons. The Hall–Kier alpha value is -3.37. The number of aliphatic hydroxyl groups is 1. The van der Waals surface area contributed by atoms with Crippen molar-refractivity contribution in [2.75, 3.05) is 18.6 Å². The standard InChI is InChI=1S/C23H23FN4O4S/c1-33(31,32)16-4-2-3-14(9-16)20(12-29)28-23(30)17-8-7-15(10-18(17)24)21-22(25)26-11-19(27-21)13-5-6-13/h2-4,7-11,13,20,29H,5-6,12H2,1H3,(H2,25,26)(H,28,30)/t20-/m1/s1. The van der Waals surface area contributed by atoms with Gasteiger partial charge in [-0.05, 0) is 42.7 Å². The number of nitrogen functional groups attached to an aromatic ring is 1. The van der Waals surface area contributed by atoms with Gasteiger partial charge in [-0.25, -0.2) is 22.8 Å². The van der Waals surface area contributed by atoms with Gasteiger partial charge in [0.15, 0.2) is 9.84 Å². The molecule has 4 N–H and O–H groups in total. The zero-order valence-electron chi connectivity index (χ0n) is 17.8. The molecule has 1 atom stereocenters. The smallest absolute Gasteiger partial charge is 0.254 e. The molecular weight excluding hydrogens is 447 g/mol.